The molecule has 0 radical (unpaired) electrons. The molecule has 0 saturated carbocycles. The number of carbonyl (C=O) groups is 1. The van der Waals surface area contributed by atoms with Crippen LogP contribution in [0.3, 0.4) is 0 Å². The molecule has 2 aromatic rings. The second-order valence-corrected chi connectivity index (χ2v) is 3.55. The van der Waals surface area contributed by atoms with Crippen LogP contribution >= 0.6 is 0 Å². The molecule has 0 saturated heterocycles. The van der Waals surface area contributed by atoms with E-state index in [1.54, 1.807) is 6.92 Å². The van der Waals surface area contributed by atoms with Crippen LogP contribution in [0.15, 0.2) is 35.4 Å². The molecule has 0 aliphatic heterocycles. The molecular formula is C12H13N3O2. The summed E-state index contributed by atoms with van der Waals surface area (Å²) < 4.78 is 0. The zero-order valence-electron chi connectivity index (χ0n) is 9.42. The van der Waals surface area contributed by atoms with Gasteiger partial charge in [-0.05, 0) is 19.1 Å². The number of nitrogens with zero attached hydrogens (tertiary/aromatic N) is 2. The van der Waals surface area contributed by atoms with Crippen molar-refractivity contribution in [1.82, 2.24) is 9.99 Å². The minimum Gasteiger partial charge on any atom is -0.464 e. The van der Waals surface area contributed by atoms with Gasteiger partial charge in [0, 0.05) is 17.4 Å². The predicted octanol–water partition coefficient (Wildman–Crippen LogP) is 2.50. The van der Waals surface area contributed by atoms with E-state index in [4.69, 9.17) is 5.11 Å². The number of nitrogens with one attached hydrogen (secondary N) is 1. The van der Waals surface area contributed by atoms with Crippen molar-refractivity contribution < 1.29 is 9.90 Å². The highest BCUT2D eigenvalue weighted by Crippen LogP contribution is 2.13. The minimum absolute atomic E-state index is 0.325. The van der Waals surface area contributed by atoms with Gasteiger partial charge in [0.2, 0.25) is 0 Å². The number of hydrogen-bond donors (Lipinski definition) is 2. The molecule has 5 nitrogen and oxygen atoms in total. The molecule has 2 N–H and O–H groups in total. The molecule has 5 heteroatoms. The summed E-state index contributed by atoms with van der Waals surface area (Å²) in [5, 5.41) is 14.7. The normalized spacial score (nSPS) is 11.1. The third-order valence-electron chi connectivity index (χ3n) is 2.41. The monoisotopic (exact) mass is 231 g/mol. The number of benzene rings is 1. The fourth-order valence-corrected chi connectivity index (χ4v) is 1.56. The van der Waals surface area contributed by atoms with E-state index in [-0.39, 0.29) is 0 Å². The van der Waals surface area contributed by atoms with E-state index in [9.17, 15) is 4.79 Å². The number of para-hydroxylation sites is 1. The molecule has 0 aliphatic carbocycles. The first kappa shape index (κ1) is 11.2. The first-order valence-electron chi connectivity index (χ1n) is 5.33. The Morgan fingerprint density at radius 2 is 2.29 bits per heavy atom. The van der Waals surface area contributed by atoms with Crippen LogP contribution < -0.4 is 0 Å². The maximum Gasteiger partial charge on any atom is 0.427 e. The molecule has 0 aliphatic rings. The quantitative estimate of drug-likeness (QED) is 0.629. The van der Waals surface area contributed by atoms with Crippen molar-refractivity contribution in [3.05, 3.63) is 36.0 Å². The molecule has 1 aromatic carbocycles. The second kappa shape index (κ2) is 4.69. The average molecular weight is 231 g/mol. The lowest BCUT2D eigenvalue weighted by Crippen LogP contribution is -2.23. The molecule has 0 bridgehead atoms. The zero-order chi connectivity index (χ0) is 12.3. The number of H-pyrrole nitrogens is 1. The fourth-order valence-electron chi connectivity index (χ4n) is 1.56. The summed E-state index contributed by atoms with van der Waals surface area (Å²) in [6.45, 7) is 2.06. The van der Waals surface area contributed by atoms with Crippen molar-refractivity contribution in [2.75, 3.05) is 6.54 Å². The lowest BCUT2D eigenvalue weighted by Gasteiger charge is -2.08. The molecule has 1 heterocycles. The van der Waals surface area contributed by atoms with Gasteiger partial charge in [-0.25, -0.2) is 4.79 Å². The number of fused-ring (bicyclic) bond motifs is 1. The number of carboxylic acid groups (broad SMARTS) is 1. The third kappa shape index (κ3) is 2.44. The fraction of sp³-hybridized carbons (Fsp3) is 0.167. The van der Waals surface area contributed by atoms with Crippen molar-refractivity contribution in [1.29, 1.82) is 0 Å². The topological polar surface area (TPSA) is 68.7 Å². The summed E-state index contributed by atoms with van der Waals surface area (Å²) in [4.78, 5) is 13.9. The number of hydrogen-bond acceptors (Lipinski definition) is 2. The van der Waals surface area contributed by atoms with Crippen molar-refractivity contribution >= 4 is 23.2 Å². The SMILES string of the molecule is CCN(N=Cc1cc2ccccc2[nH]1)C(=O)O. The Hall–Kier alpha value is -2.30. The lowest BCUT2D eigenvalue weighted by atomic mass is 10.2. The van der Waals surface area contributed by atoms with Gasteiger partial charge in [-0.15, -0.1) is 0 Å². The first-order valence-corrected chi connectivity index (χ1v) is 5.33. The van der Waals surface area contributed by atoms with Gasteiger partial charge < -0.3 is 10.1 Å². The van der Waals surface area contributed by atoms with Crippen LogP contribution in [0, 0.1) is 0 Å². The summed E-state index contributed by atoms with van der Waals surface area (Å²) in [5.74, 6) is 0. The van der Waals surface area contributed by atoms with Crippen LogP contribution in [0.1, 0.15) is 12.6 Å². The van der Waals surface area contributed by atoms with E-state index < -0.39 is 6.09 Å². The van der Waals surface area contributed by atoms with Gasteiger partial charge in [0.15, 0.2) is 0 Å². The highest BCUT2D eigenvalue weighted by atomic mass is 16.4. The Bertz CT molecular complexity index is 527. The lowest BCUT2D eigenvalue weighted by molar-refractivity contribution is 0.150. The number of aromatic amines is 1. The maximum absolute atomic E-state index is 10.7. The van der Waals surface area contributed by atoms with E-state index in [1.165, 1.54) is 6.21 Å². The van der Waals surface area contributed by atoms with Gasteiger partial charge in [-0.3, -0.25) is 0 Å². The van der Waals surface area contributed by atoms with Crippen LogP contribution in [-0.4, -0.2) is 34.0 Å². The minimum atomic E-state index is -1.06. The van der Waals surface area contributed by atoms with E-state index in [0.29, 0.717) is 6.54 Å². The maximum atomic E-state index is 10.7. The molecule has 0 unspecified atom stereocenters. The van der Waals surface area contributed by atoms with Crippen LogP contribution in [0.2, 0.25) is 0 Å². The van der Waals surface area contributed by atoms with Crippen LogP contribution in [0.4, 0.5) is 4.79 Å². The van der Waals surface area contributed by atoms with E-state index in [0.717, 1.165) is 21.6 Å². The number of aromatic nitrogens is 1. The van der Waals surface area contributed by atoms with Crippen LogP contribution in [-0.2, 0) is 0 Å². The Labute approximate surface area is 98.4 Å². The molecule has 0 atom stereocenters. The largest absolute Gasteiger partial charge is 0.464 e. The van der Waals surface area contributed by atoms with Crippen LogP contribution in [0.25, 0.3) is 10.9 Å². The van der Waals surface area contributed by atoms with Gasteiger partial charge in [0.05, 0.1) is 11.9 Å². The molecule has 88 valence electrons. The molecule has 1 aromatic heterocycles. The Morgan fingerprint density at radius 3 is 2.94 bits per heavy atom. The molecule has 0 fully saturated rings. The number of amides is 1. The van der Waals surface area contributed by atoms with Crippen molar-refractivity contribution in [3.63, 3.8) is 0 Å². The van der Waals surface area contributed by atoms with Crippen molar-refractivity contribution in [3.8, 4) is 0 Å². The Balaban J connectivity index is 2.23. The van der Waals surface area contributed by atoms with E-state index in [1.807, 2.05) is 30.3 Å². The summed E-state index contributed by atoms with van der Waals surface area (Å²) in [6, 6.07) is 9.76. The summed E-state index contributed by atoms with van der Waals surface area (Å²) in [7, 11) is 0. The number of rotatable bonds is 3. The summed E-state index contributed by atoms with van der Waals surface area (Å²) in [5.41, 5.74) is 1.79. The van der Waals surface area contributed by atoms with Gasteiger partial charge in [0.1, 0.15) is 0 Å². The Morgan fingerprint density at radius 1 is 1.53 bits per heavy atom. The van der Waals surface area contributed by atoms with Crippen LogP contribution in [0.5, 0.6) is 0 Å². The summed E-state index contributed by atoms with van der Waals surface area (Å²) >= 11 is 0. The smallest absolute Gasteiger partial charge is 0.427 e. The standard InChI is InChI=1S/C12H13N3O2/c1-2-15(12(16)17)13-8-10-7-9-5-3-4-6-11(9)14-10/h3-8,14H,2H2,1H3,(H,16,17). The van der Waals surface area contributed by atoms with E-state index >= 15 is 0 Å². The highest BCUT2D eigenvalue weighted by molar-refractivity contribution is 5.89. The third-order valence-corrected chi connectivity index (χ3v) is 2.41. The van der Waals surface area contributed by atoms with Crippen molar-refractivity contribution in [2.45, 2.75) is 6.92 Å². The molecular weight excluding hydrogens is 218 g/mol. The van der Waals surface area contributed by atoms with Gasteiger partial charge in [-0.1, -0.05) is 18.2 Å². The van der Waals surface area contributed by atoms with E-state index in [2.05, 4.69) is 10.1 Å². The van der Waals surface area contributed by atoms with Gasteiger partial charge >= 0.3 is 6.09 Å². The predicted molar refractivity (Wildman–Crippen MR) is 66.3 cm³/mol. The number of hydrazone groups is 1. The average Bonchev–Trinajstić information content (AvgIpc) is 2.71. The molecule has 2 rings (SSSR count). The summed E-state index contributed by atoms with van der Waals surface area (Å²) in [6.07, 6.45) is 0.456. The Kier molecular flexibility index (Phi) is 3.09. The van der Waals surface area contributed by atoms with Gasteiger partial charge in [-0.2, -0.15) is 10.1 Å². The first-order chi connectivity index (χ1) is 8.20. The zero-order valence-corrected chi connectivity index (χ0v) is 9.42. The van der Waals surface area contributed by atoms with Gasteiger partial charge in [0.25, 0.3) is 0 Å². The highest BCUT2D eigenvalue weighted by Gasteiger charge is 2.05. The molecule has 0 spiro atoms. The molecule has 1 amide bonds. The second-order valence-electron chi connectivity index (χ2n) is 3.55. The van der Waals surface area contributed by atoms with Crippen molar-refractivity contribution in [2.24, 2.45) is 5.10 Å². The molecule has 17 heavy (non-hydrogen) atoms.